The first-order valence-corrected chi connectivity index (χ1v) is 10.5. The summed E-state index contributed by atoms with van der Waals surface area (Å²) in [6.07, 6.45) is 1.74. The third-order valence-corrected chi connectivity index (χ3v) is 6.49. The quantitative estimate of drug-likeness (QED) is 0.823. The summed E-state index contributed by atoms with van der Waals surface area (Å²) in [5, 5.41) is 2.83. The maximum Gasteiger partial charge on any atom is 0.256 e. The molecule has 0 saturated carbocycles. The molecule has 1 N–H and O–H groups in total. The predicted octanol–water partition coefficient (Wildman–Crippen LogP) is 3.43. The second-order valence-electron chi connectivity index (χ2n) is 6.47. The molecule has 1 aliphatic rings. The van der Waals surface area contributed by atoms with Gasteiger partial charge < -0.3 is 10.1 Å². The molecule has 3 rings (SSSR count). The molecule has 6 nitrogen and oxygen atoms in total. The van der Waals surface area contributed by atoms with Crippen LogP contribution in [0.5, 0.6) is 5.75 Å². The standard InChI is InChI=1S/C20H24N2O4S/c1-3-26-19-9-5-4-8-18(19)21-20(23)17-14-16(11-10-15(17)2)27(24,25)22-12-6-7-13-22/h4-5,8-11,14H,3,6-7,12-13H2,1-2H3,(H,21,23). The molecule has 0 unspecified atom stereocenters. The third-order valence-electron chi connectivity index (χ3n) is 4.59. The van der Waals surface area contributed by atoms with Gasteiger partial charge in [-0.25, -0.2) is 8.42 Å². The lowest BCUT2D eigenvalue weighted by atomic mass is 10.1. The molecule has 0 bridgehead atoms. The molecule has 1 amide bonds. The van der Waals surface area contributed by atoms with E-state index in [0.29, 0.717) is 42.3 Å². The van der Waals surface area contributed by atoms with E-state index in [1.807, 2.05) is 13.0 Å². The van der Waals surface area contributed by atoms with Gasteiger partial charge in [0.1, 0.15) is 5.75 Å². The molecule has 0 atom stereocenters. The van der Waals surface area contributed by atoms with Crippen LogP contribution in [0.1, 0.15) is 35.7 Å². The number of hydrogen-bond acceptors (Lipinski definition) is 4. The lowest BCUT2D eigenvalue weighted by molar-refractivity contribution is 0.102. The van der Waals surface area contributed by atoms with Gasteiger partial charge in [-0.3, -0.25) is 4.79 Å². The Morgan fingerprint density at radius 2 is 1.85 bits per heavy atom. The van der Waals surface area contributed by atoms with Crippen molar-refractivity contribution >= 4 is 21.6 Å². The molecule has 144 valence electrons. The van der Waals surface area contributed by atoms with Gasteiger partial charge in [0.05, 0.1) is 17.2 Å². The Morgan fingerprint density at radius 3 is 2.56 bits per heavy atom. The minimum absolute atomic E-state index is 0.151. The normalized spacial score (nSPS) is 14.9. The van der Waals surface area contributed by atoms with Crippen molar-refractivity contribution in [2.45, 2.75) is 31.6 Å². The number of para-hydroxylation sites is 2. The van der Waals surface area contributed by atoms with Gasteiger partial charge in [-0.05, 0) is 56.5 Å². The van der Waals surface area contributed by atoms with E-state index in [0.717, 1.165) is 12.8 Å². The van der Waals surface area contributed by atoms with E-state index in [-0.39, 0.29) is 10.8 Å². The highest BCUT2D eigenvalue weighted by molar-refractivity contribution is 7.89. The molecule has 2 aromatic rings. The highest BCUT2D eigenvalue weighted by Crippen LogP contribution is 2.26. The van der Waals surface area contributed by atoms with Crippen molar-refractivity contribution in [3.05, 3.63) is 53.6 Å². The fourth-order valence-electron chi connectivity index (χ4n) is 3.12. The average Bonchev–Trinajstić information content (AvgIpc) is 3.19. The van der Waals surface area contributed by atoms with E-state index in [9.17, 15) is 13.2 Å². The number of nitrogens with zero attached hydrogens (tertiary/aromatic N) is 1. The van der Waals surface area contributed by atoms with E-state index in [2.05, 4.69) is 5.32 Å². The van der Waals surface area contributed by atoms with Gasteiger partial charge in [0.15, 0.2) is 0 Å². The summed E-state index contributed by atoms with van der Waals surface area (Å²) in [5.41, 5.74) is 1.60. The van der Waals surface area contributed by atoms with E-state index in [1.165, 1.54) is 10.4 Å². The highest BCUT2D eigenvalue weighted by Gasteiger charge is 2.28. The number of amides is 1. The number of carbonyl (C=O) groups excluding carboxylic acids is 1. The zero-order valence-electron chi connectivity index (χ0n) is 15.6. The first-order chi connectivity index (χ1) is 12.9. The summed E-state index contributed by atoms with van der Waals surface area (Å²) in [4.78, 5) is 13.0. The Morgan fingerprint density at radius 1 is 1.15 bits per heavy atom. The lowest BCUT2D eigenvalue weighted by Crippen LogP contribution is -2.28. The van der Waals surface area contributed by atoms with Crippen molar-refractivity contribution in [1.82, 2.24) is 4.31 Å². The fourth-order valence-corrected chi connectivity index (χ4v) is 4.67. The number of sulfonamides is 1. The molecule has 27 heavy (non-hydrogen) atoms. The van der Waals surface area contributed by atoms with Crippen molar-refractivity contribution in [2.24, 2.45) is 0 Å². The fraction of sp³-hybridized carbons (Fsp3) is 0.350. The second kappa shape index (κ2) is 8.10. The smallest absolute Gasteiger partial charge is 0.256 e. The van der Waals surface area contributed by atoms with Gasteiger partial charge in [0.25, 0.3) is 5.91 Å². The molecule has 1 fully saturated rings. The molecule has 1 heterocycles. The zero-order chi connectivity index (χ0) is 19.4. The number of nitrogens with one attached hydrogen (secondary N) is 1. The van der Waals surface area contributed by atoms with Gasteiger partial charge >= 0.3 is 0 Å². The number of hydrogen-bond donors (Lipinski definition) is 1. The molecule has 2 aromatic carbocycles. The summed E-state index contributed by atoms with van der Waals surface area (Å²) in [6, 6.07) is 11.9. The molecule has 0 aromatic heterocycles. The number of aryl methyl sites for hydroxylation is 1. The molecular formula is C20H24N2O4S. The molecule has 1 aliphatic heterocycles. The van der Waals surface area contributed by atoms with Crippen molar-refractivity contribution < 1.29 is 17.9 Å². The summed E-state index contributed by atoms with van der Waals surface area (Å²) < 4.78 is 32.6. The Balaban J connectivity index is 1.89. The average molecular weight is 388 g/mol. The first kappa shape index (κ1) is 19.4. The lowest BCUT2D eigenvalue weighted by Gasteiger charge is -2.17. The Kier molecular flexibility index (Phi) is 5.82. The second-order valence-corrected chi connectivity index (χ2v) is 8.41. The van der Waals surface area contributed by atoms with E-state index in [4.69, 9.17) is 4.74 Å². The van der Waals surface area contributed by atoms with Crippen molar-refractivity contribution in [1.29, 1.82) is 0 Å². The van der Waals surface area contributed by atoms with Crippen LogP contribution in [0.2, 0.25) is 0 Å². The monoisotopic (exact) mass is 388 g/mol. The number of carbonyl (C=O) groups is 1. The van der Waals surface area contributed by atoms with Crippen LogP contribution in [-0.2, 0) is 10.0 Å². The summed E-state index contributed by atoms with van der Waals surface area (Å²) >= 11 is 0. The number of ether oxygens (including phenoxy) is 1. The molecule has 0 spiro atoms. The van der Waals surface area contributed by atoms with Crippen molar-refractivity contribution in [3.63, 3.8) is 0 Å². The largest absolute Gasteiger partial charge is 0.492 e. The SMILES string of the molecule is CCOc1ccccc1NC(=O)c1cc(S(=O)(=O)N2CCCC2)ccc1C. The molecular weight excluding hydrogens is 364 g/mol. The Labute approximate surface area is 160 Å². The molecule has 7 heteroatoms. The van der Waals surface area contributed by atoms with Crippen LogP contribution < -0.4 is 10.1 Å². The van der Waals surface area contributed by atoms with Gasteiger partial charge in [-0.1, -0.05) is 18.2 Å². The molecule has 0 radical (unpaired) electrons. The number of benzene rings is 2. The van der Waals surface area contributed by atoms with Crippen LogP contribution in [0.15, 0.2) is 47.4 Å². The summed E-state index contributed by atoms with van der Waals surface area (Å²) in [5.74, 6) is 0.213. The first-order valence-electron chi connectivity index (χ1n) is 9.07. The van der Waals surface area contributed by atoms with E-state index >= 15 is 0 Å². The third kappa shape index (κ3) is 4.14. The number of rotatable bonds is 6. The van der Waals surface area contributed by atoms with Gasteiger partial charge in [0.2, 0.25) is 10.0 Å². The predicted molar refractivity (Wildman–Crippen MR) is 105 cm³/mol. The van der Waals surface area contributed by atoms with E-state index in [1.54, 1.807) is 37.3 Å². The van der Waals surface area contributed by atoms with Crippen LogP contribution in [0.3, 0.4) is 0 Å². The minimum atomic E-state index is -3.57. The van der Waals surface area contributed by atoms with Crippen molar-refractivity contribution in [2.75, 3.05) is 25.0 Å². The summed E-state index contributed by atoms with van der Waals surface area (Å²) in [6.45, 7) is 5.19. The van der Waals surface area contributed by atoms with Crippen molar-refractivity contribution in [3.8, 4) is 5.75 Å². The van der Waals surface area contributed by atoms with Gasteiger partial charge in [0, 0.05) is 18.7 Å². The Bertz CT molecular complexity index is 935. The topological polar surface area (TPSA) is 75.7 Å². The van der Waals surface area contributed by atoms with Crippen LogP contribution in [-0.4, -0.2) is 38.3 Å². The minimum Gasteiger partial charge on any atom is -0.492 e. The van der Waals surface area contributed by atoms with Crippen LogP contribution in [0, 0.1) is 6.92 Å². The van der Waals surface area contributed by atoms with Gasteiger partial charge in [-0.2, -0.15) is 4.31 Å². The maximum absolute atomic E-state index is 12.8. The Hall–Kier alpha value is -2.38. The maximum atomic E-state index is 12.8. The van der Waals surface area contributed by atoms with Gasteiger partial charge in [-0.15, -0.1) is 0 Å². The highest BCUT2D eigenvalue weighted by atomic mass is 32.2. The van der Waals surface area contributed by atoms with E-state index < -0.39 is 10.0 Å². The van der Waals surface area contributed by atoms with Crippen LogP contribution in [0.25, 0.3) is 0 Å². The summed E-state index contributed by atoms with van der Waals surface area (Å²) in [7, 11) is -3.57. The van der Waals surface area contributed by atoms with Crippen LogP contribution in [0.4, 0.5) is 5.69 Å². The number of anilines is 1. The zero-order valence-corrected chi connectivity index (χ0v) is 16.4. The molecule has 0 aliphatic carbocycles. The molecule has 1 saturated heterocycles. The van der Waals surface area contributed by atoms with Crippen LogP contribution >= 0.6 is 0 Å².